The van der Waals surface area contributed by atoms with Gasteiger partial charge >= 0.3 is 0 Å². The molecule has 1 amide bonds. The summed E-state index contributed by atoms with van der Waals surface area (Å²) in [5.74, 6) is -0.0341. The van der Waals surface area contributed by atoms with E-state index in [1.54, 1.807) is 36.7 Å². The van der Waals surface area contributed by atoms with Crippen molar-refractivity contribution in [2.45, 2.75) is 19.4 Å². The molecule has 130 valence electrons. The van der Waals surface area contributed by atoms with Crippen molar-refractivity contribution in [3.63, 3.8) is 0 Å². The standard InChI is InChI=1S/C14H17ClN4O3S2/c1-8-10(6-11-13(20)18(3)14(23)17(11)2)12(15)19(16-8)9-4-5-24(21,22)7-9/h6,9H,4-5,7H2,1-3H3/b11-6+/t9-/m1/s1. The monoisotopic (exact) mass is 388 g/mol. The second kappa shape index (κ2) is 5.82. The van der Waals surface area contributed by atoms with Crippen LogP contribution in [0.4, 0.5) is 0 Å². The van der Waals surface area contributed by atoms with Crippen LogP contribution < -0.4 is 0 Å². The Morgan fingerprint density at radius 2 is 2.00 bits per heavy atom. The summed E-state index contributed by atoms with van der Waals surface area (Å²) >= 11 is 11.6. The number of hydrogen-bond acceptors (Lipinski definition) is 5. The maximum absolute atomic E-state index is 12.3. The van der Waals surface area contributed by atoms with Gasteiger partial charge in [-0.25, -0.2) is 13.1 Å². The number of hydrogen-bond donors (Lipinski definition) is 0. The Hall–Kier alpha value is -1.45. The zero-order chi connectivity index (χ0) is 17.8. The lowest BCUT2D eigenvalue weighted by Gasteiger charge is -2.11. The quantitative estimate of drug-likeness (QED) is 0.560. The van der Waals surface area contributed by atoms with Crippen LogP contribution in [0.1, 0.15) is 23.7 Å². The van der Waals surface area contributed by atoms with Crippen LogP contribution in [0.2, 0.25) is 5.15 Å². The molecule has 7 nitrogen and oxygen atoms in total. The topological polar surface area (TPSA) is 75.5 Å². The van der Waals surface area contributed by atoms with E-state index in [2.05, 4.69) is 5.10 Å². The molecule has 1 aromatic rings. The van der Waals surface area contributed by atoms with Crippen molar-refractivity contribution in [3.8, 4) is 0 Å². The first-order chi connectivity index (χ1) is 11.1. The number of thiocarbonyl (C=S) groups is 1. The number of carbonyl (C=O) groups is 1. The average Bonchev–Trinajstić information content (AvgIpc) is 3.07. The highest BCUT2D eigenvalue weighted by atomic mass is 35.5. The predicted molar refractivity (Wildman–Crippen MR) is 95.4 cm³/mol. The predicted octanol–water partition coefficient (Wildman–Crippen LogP) is 1.23. The summed E-state index contributed by atoms with van der Waals surface area (Å²) in [5.41, 5.74) is 1.65. The van der Waals surface area contributed by atoms with E-state index in [4.69, 9.17) is 23.8 Å². The van der Waals surface area contributed by atoms with Crippen LogP contribution in [0.25, 0.3) is 6.08 Å². The summed E-state index contributed by atoms with van der Waals surface area (Å²) in [5, 5.41) is 5.14. The number of rotatable bonds is 2. The molecule has 2 aliphatic rings. The number of halogens is 1. The number of sulfone groups is 1. The van der Waals surface area contributed by atoms with Crippen LogP contribution in [0, 0.1) is 6.92 Å². The van der Waals surface area contributed by atoms with Crippen LogP contribution in [-0.2, 0) is 14.6 Å². The minimum atomic E-state index is -3.04. The van der Waals surface area contributed by atoms with Gasteiger partial charge in [-0.2, -0.15) is 5.10 Å². The van der Waals surface area contributed by atoms with E-state index in [9.17, 15) is 13.2 Å². The Morgan fingerprint density at radius 3 is 2.50 bits per heavy atom. The number of carbonyl (C=O) groups excluding carboxylic acids is 1. The van der Waals surface area contributed by atoms with Crippen molar-refractivity contribution in [1.82, 2.24) is 19.6 Å². The largest absolute Gasteiger partial charge is 0.317 e. The molecule has 0 radical (unpaired) electrons. The molecule has 1 atom stereocenters. The fraction of sp³-hybridized carbons (Fsp3) is 0.500. The smallest absolute Gasteiger partial charge is 0.276 e. The SMILES string of the molecule is Cc1nn([C@@H]2CCS(=O)(=O)C2)c(Cl)c1/C=C1\C(=O)N(C)C(=S)N1C. The molecule has 0 N–H and O–H groups in total. The molecule has 2 saturated heterocycles. The summed E-state index contributed by atoms with van der Waals surface area (Å²) in [6.45, 7) is 1.78. The van der Waals surface area contributed by atoms with Crippen molar-refractivity contribution in [2.75, 3.05) is 25.6 Å². The van der Waals surface area contributed by atoms with Gasteiger partial charge < -0.3 is 4.90 Å². The van der Waals surface area contributed by atoms with Crippen LogP contribution in [0.15, 0.2) is 5.70 Å². The molecule has 1 aromatic heterocycles. The third-order valence-electron chi connectivity index (χ3n) is 4.37. The Labute approximate surface area is 150 Å². The highest BCUT2D eigenvalue weighted by molar-refractivity contribution is 7.91. The fourth-order valence-corrected chi connectivity index (χ4v) is 5.17. The molecular weight excluding hydrogens is 372 g/mol. The van der Waals surface area contributed by atoms with Gasteiger partial charge in [-0.3, -0.25) is 9.69 Å². The summed E-state index contributed by atoms with van der Waals surface area (Å²) in [7, 11) is 0.290. The molecular formula is C14H17ClN4O3S2. The Balaban J connectivity index is 2.01. The van der Waals surface area contributed by atoms with Crippen molar-refractivity contribution in [2.24, 2.45) is 0 Å². The number of amides is 1. The van der Waals surface area contributed by atoms with Crippen LogP contribution in [0.3, 0.4) is 0 Å². The van der Waals surface area contributed by atoms with Gasteiger partial charge in [0.2, 0.25) is 0 Å². The molecule has 0 aromatic carbocycles. The molecule has 3 rings (SSSR count). The highest BCUT2D eigenvalue weighted by Crippen LogP contribution is 2.32. The molecule has 3 heterocycles. The fourth-order valence-electron chi connectivity index (χ4n) is 2.93. The second-order valence-electron chi connectivity index (χ2n) is 6.03. The highest BCUT2D eigenvalue weighted by Gasteiger charge is 2.35. The van der Waals surface area contributed by atoms with E-state index in [0.717, 1.165) is 0 Å². The first-order valence-electron chi connectivity index (χ1n) is 7.35. The number of aryl methyl sites for hydroxylation is 1. The van der Waals surface area contributed by atoms with E-state index in [1.165, 1.54) is 4.90 Å². The molecule has 2 aliphatic heterocycles. The second-order valence-corrected chi connectivity index (χ2v) is 8.98. The zero-order valence-electron chi connectivity index (χ0n) is 13.5. The Bertz CT molecular complexity index is 875. The lowest BCUT2D eigenvalue weighted by atomic mass is 10.2. The minimum Gasteiger partial charge on any atom is -0.317 e. The van der Waals surface area contributed by atoms with E-state index < -0.39 is 9.84 Å². The molecule has 24 heavy (non-hydrogen) atoms. The van der Waals surface area contributed by atoms with Crippen LogP contribution in [-0.4, -0.2) is 64.6 Å². The molecule has 2 fully saturated rings. The lowest BCUT2D eigenvalue weighted by Crippen LogP contribution is -2.26. The Morgan fingerprint density at radius 1 is 1.33 bits per heavy atom. The number of nitrogens with zero attached hydrogens (tertiary/aromatic N) is 4. The van der Waals surface area contributed by atoms with Crippen molar-refractivity contribution in [3.05, 3.63) is 22.1 Å². The third kappa shape index (κ3) is 2.74. The first-order valence-corrected chi connectivity index (χ1v) is 9.95. The van der Waals surface area contributed by atoms with Crippen LogP contribution >= 0.6 is 23.8 Å². The number of likely N-dealkylation sites (N-methyl/N-ethyl adjacent to an activating group) is 2. The Kier molecular flexibility index (Phi) is 4.21. The number of aromatic nitrogens is 2. The van der Waals surface area contributed by atoms with E-state index >= 15 is 0 Å². The van der Waals surface area contributed by atoms with Crippen LogP contribution in [0.5, 0.6) is 0 Å². The summed E-state index contributed by atoms with van der Waals surface area (Å²) in [6.07, 6.45) is 2.15. The third-order valence-corrected chi connectivity index (χ3v) is 7.04. The van der Waals surface area contributed by atoms with Crippen molar-refractivity contribution in [1.29, 1.82) is 0 Å². The van der Waals surface area contributed by atoms with Gasteiger partial charge in [0.05, 0.1) is 23.2 Å². The minimum absolute atomic E-state index is 0.0372. The van der Waals surface area contributed by atoms with Gasteiger partial charge in [-0.05, 0) is 31.6 Å². The maximum atomic E-state index is 12.3. The molecule has 0 aliphatic carbocycles. The normalized spacial score (nSPS) is 25.3. The zero-order valence-corrected chi connectivity index (χ0v) is 15.9. The van der Waals surface area contributed by atoms with Gasteiger partial charge in [0, 0.05) is 19.7 Å². The molecule has 0 unspecified atom stereocenters. The van der Waals surface area contributed by atoms with Gasteiger partial charge in [0.25, 0.3) is 5.91 Å². The summed E-state index contributed by atoms with van der Waals surface area (Å²) < 4.78 is 24.9. The van der Waals surface area contributed by atoms with Crippen molar-refractivity contribution >= 4 is 50.8 Å². The summed E-state index contributed by atoms with van der Waals surface area (Å²) in [6, 6.07) is -0.269. The maximum Gasteiger partial charge on any atom is 0.276 e. The van der Waals surface area contributed by atoms with Gasteiger partial charge in [0.15, 0.2) is 14.9 Å². The average molecular weight is 389 g/mol. The van der Waals surface area contributed by atoms with Gasteiger partial charge in [0.1, 0.15) is 10.9 Å². The van der Waals surface area contributed by atoms with Gasteiger partial charge in [-0.1, -0.05) is 11.6 Å². The molecule has 0 spiro atoms. The molecule has 0 bridgehead atoms. The van der Waals surface area contributed by atoms with Crippen molar-refractivity contribution < 1.29 is 13.2 Å². The van der Waals surface area contributed by atoms with Gasteiger partial charge in [-0.15, -0.1) is 0 Å². The molecule has 0 saturated carbocycles. The lowest BCUT2D eigenvalue weighted by molar-refractivity contribution is -0.121. The van der Waals surface area contributed by atoms with E-state index in [0.29, 0.717) is 33.6 Å². The van der Waals surface area contributed by atoms with E-state index in [1.807, 2.05) is 0 Å². The van der Waals surface area contributed by atoms with E-state index in [-0.39, 0.29) is 23.5 Å². The summed E-state index contributed by atoms with van der Waals surface area (Å²) in [4.78, 5) is 15.3. The molecule has 10 heteroatoms. The first kappa shape index (κ1) is 17.4.